The molecule has 6 nitrogen and oxygen atoms in total. The average molecular weight is 273 g/mol. The minimum Gasteiger partial charge on any atom is -0.480 e. The second-order valence-corrected chi connectivity index (χ2v) is 4.82. The zero-order valence-electron chi connectivity index (χ0n) is 8.68. The van der Waals surface area contributed by atoms with Crippen LogP contribution < -0.4 is 10.2 Å². The van der Waals surface area contributed by atoms with Gasteiger partial charge in [-0.2, -0.15) is 5.26 Å². The van der Waals surface area contributed by atoms with Gasteiger partial charge in [0.05, 0.1) is 0 Å². The molecule has 1 aliphatic rings. The molecule has 1 aromatic heterocycles. The quantitative estimate of drug-likeness (QED) is 0.816. The molecule has 1 unspecified atom stereocenters. The zero-order chi connectivity index (χ0) is 12.4. The third kappa shape index (κ3) is 2.34. The molecule has 8 heteroatoms. The highest BCUT2D eigenvalue weighted by Gasteiger charge is 2.30. The first-order valence-electron chi connectivity index (χ1n) is 4.90. The van der Waals surface area contributed by atoms with Crippen molar-refractivity contribution in [3.63, 3.8) is 0 Å². The van der Waals surface area contributed by atoms with Crippen LogP contribution in [0.25, 0.3) is 0 Å². The zero-order valence-corrected chi connectivity index (χ0v) is 10.3. The Kier molecular flexibility index (Phi) is 3.47. The van der Waals surface area contributed by atoms with Crippen LogP contribution in [0.3, 0.4) is 0 Å². The molecule has 0 bridgehead atoms. The summed E-state index contributed by atoms with van der Waals surface area (Å²) in [5.74, 6) is -0.915. The Labute approximate surface area is 106 Å². The number of thiazole rings is 1. The van der Waals surface area contributed by atoms with Gasteiger partial charge in [0.25, 0.3) is 0 Å². The molecule has 17 heavy (non-hydrogen) atoms. The van der Waals surface area contributed by atoms with E-state index in [4.69, 9.17) is 22.0 Å². The van der Waals surface area contributed by atoms with Gasteiger partial charge in [-0.1, -0.05) is 22.9 Å². The fourth-order valence-electron chi connectivity index (χ4n) is 1.64. The predicted molar refractivity (Wildman–Crippen MR) is 63.5 cm³/mol. The Balaban J connectivity index is 2.30. The minimum atomic E-state index is -0.915. The van der Waals surface area contributed by atoms with Crippen molar-refractivity contribution in [1.29, 1.82) is 5.26 Å². The topological polar surface area (TPSA) is 89.2 Å². The maximum Gasteiger partial charge on any atom is 0.327 e. The summed E-state index contributed by atoms with van der Waals surface area (Å²) in [6.45, 7) is 1.57. The van der Waals surface area contributed by atoms with Crippen LogP contribution in [0.2, 0.25) is 5.15 Å². The lowest BCUT2D eigenvalue weighted by Crippen LogP contribution is -2.55. The highest BCUT2D eigenvalue weighted by atomic mass is 35.5. The number of halogens is 1. The normalized spacial score (nSPS) is 20.0. The number of aromatic nitrogens is 1. The average Bonchev–Trinajstić information content (AvgIpc) is 2.70. The molecule has 1 saturated heterocycles. The fourth-order valence-corrected chi connectivity index (χ4v) is 2.76. The van der Waals surface area contributed by atoms with E-state index in [0.29, 0.717) is 29.6 Å². The van der Waals surface area contributed by atoms with Gasteiger partial charge in [-0.3, -0.25) is 0 Å². The third-order valence-corrected chi connectivity index (χ3v) is 3.83. The number of carbonyl (C=O) groups is 1. The Bertz CT molecular complexity index is 484. The van der Waals surface area contributed by atoms with Crippen molar-refractivity contribution < 1.29 is 9.90 Å². The largest absolute Gasteiger partial charge is 0.480 e. The third-order valence-electron chi connectivity index (χ3n) is 2.45. The number of rotatable bonds is 2. The van der Waals surface area contributed by atoms with E-state index in [1.807, 2.05) is 6.07 Å². The van der Waals surface area contributed by atoms with Crippen molar-refractivity contribution in [2.45, 2.75) is 6.04 Å². The van der Waals surface area contributed by atoms with Crippen LogP contribution >= 0.6 is 22.9 Å². The molecule has 0 aromatic carbocycles. The lowest BCUT2D eigenvalue weighted by Gasteiger charge is -2.32. The number of nitrogens with zero attached hydrogens (tertiary/aromatic N) is 3. The van der Waals surface area contributed by atoms with Crippen LogP contribution in [-0.2, 0) is 4.79 Å². The van der Waals surface area contributed by atoms with Crippen molar-refractivity contribution in [3.8, 4) is 6.07 Å². The molecule has 0 radical (unpaired) electrons. The van der Waals surface area contributed by atoms with E-state index < -0.39 is 12.0 Å². The molecule has 0 amide bonds. The molecule has 2 rings (SSSR count). The van der Waals surface area contributed by atoms with Crippen molar-refractivity contribution >= 4 is 34.0 Å². The van der Waals surface area contributed by atoms with E-state index in [1.165, 1.54) is 0 Å². The number of aliphatic carboxylic acids is 1. The summed E-state index contributed by atoms with van der Waals surface area (Å²) in [5.41, 5.74) is 0. The summed E-state index contributed by atoms with van der Waals surface area (Å²) in [5, 5.41) is 21.5. The number of carboxylic acid groups (broad SMARTS) is 1. The molecular formula is C9H9ClN4O2S. The van der Waals surface area contributed by atoms with Crippen molar-refractivity contribution in [3.05, 3.63) is 10.0 Å². The summed E-state index contributed by atoms with van der Waals surface area (Å²) in [4.78, 5) is 17.1. The summed E-state index contributed by atoms with van der Waals surface area (Å²) >= 11 is 6.90. The number of hydrogen-bond acceptors (Lipinski definition) is 6. The monoisotopic (exact) mass is 272 g/mol. The van der Waals surface area contributed by atoms with Gasteiger partial charge < -0.3 is 15.3 Å². The van der Waals surface area contributed by atoms with Crippen LogP contribution in [-0.4, -0.2) is 41.7 Å². The van der Waals surface area contributed by atoms with Crippen LogP contribution in [0.5, 0.6) is 0 Å². The van der Waals surface area contributed by atoms with Gasteiger partial charge in [-0.05, 0) is 0 Å². The Morgan fingerprint density at radius 2 is 2.53 bits per heavy atom. The van der Waals surface area contributed by atoms with E-state index in [2.05, 4.69) is 10.3 Å². The van der Waals surface area contributed by atoms with E-state index in [-0.39, 0.29) is 5.15 Å². The lowest BCUT2D eigenvalue weighted by molar-refractivity contribution is -0.138. The SMILES string of the molecule is N#Cc1sc(N2CCNCC2C(=O)O)nc1Cl. The number of piperazine rings is 1. The number of nitriles is 1. The highest BCUT2D eigenvalue weighted by molar-refractivity contribution is 7.16. The summed E-state index contributed by atoms with van der Waals surface area (Å²) < 4.78 is 0. The number of nitrogens with one attached hydrogen (secondary N) is 1. The van der Waals surface area contributed by atoms with Crippen molar-refractivity contribution in [1.82, 2.24) is 10.3 Å². The van der Waals surface area contributed by atoms with Crippen LogP contribution in [0.15, 0.2) is 0 Å². The number of hydrogen-bond donors (Lipinski definition) is 2. The molecular weight excluding hydrogens is 264 g/mol. The van der Waals surface area contributed by atoms with Gasteiger partial charge in [-0.15, -0.1) is 0 Å². The molecule has 0 spiro atoms. The Hall–Kier alpha value is -1.36. The first-order chi connectivity index (χ1) is 8.13. The summed E-state index contributed by atoms with van der Waals surface area (Å²) in [7, 11) is 0. The van der Waals surface area contributed by atoms with Crippen molar-refractivity contribution in [2.75, 3.05) is 24.5 Å². The minimum absolute atomic E-state index is 0.134. The van der Waals surface area contributed by atoms with Gasteiger partial charge in [-0.25, -0.2) is 9.78 Å². The smallest absolute Gasteiger partial charge is 0.327 e. The molecule has 1 fully saturated rings. The van der Waals surface area contributed by atoms with Crippen molar-refractivity contribution in [2.24, 2.45) is 0 Å². The molecule has 1 aromatic rings. The van der Waals surface area contributed by atoms with E-state index in [1.54, 1.807) is 4.90 Å². The van der Waals surface area contributed by atoms with Crippen LogP contribution in [0.4, 0.5) is 5.13 Å². The van der Waals surface area contributed by atoms with Crippen LogP contribution in [0, 0.1) is 11.3 Å². The maximum absolute atomic E-state index is 11.1. The Morgan fingerprint density at radius 3 is 3.12 bits per heavy atom. The van der Waals surface area contributed by atoms with E-state index in [9.17, 15) is 4.79 Å². The van der Waals surface area contributed by atoms with E-state index in [0.717, 1.165) is 11.3 Å². The second-order valence-electron chi connectivity index (χ2n) is 3.48. The van der Waals surface area contributed by atoms with E-state index >= 15 is 0 Å². The predicted octanol–water partition coefficient (Wildman–Crippen LogP) is 0.531. The first-order valence-corrected chi connectivity index (χ1v) is 6.09. The Morgan fingerprint density at radius 1 is 1.76 bits per heavy atom. The number of anilines is 1. The fraction of sp³-hybridized carbons (Fsp3) is 0.444. The molecule has 90 valence electrons. The summed E-state index contributed by atoms with van der Waals surface area (Å²) in [6.07, 6.45) is 0. The van der Waals surface area contributed by atoms with Gasteiger partial charge in [0.2, 0.25) is 0 Å². The first kappa shape index (κ1) is 12.1. The molecule has 1 atom stereocenters. The summed E-state index contributed by atoms with van der Waals surface area (Å²) in [6, 6.07) is 1.26. The van der Waals surface area contributed by atoms with Crippen LogP contribution in [0.1, 0.15) is 4.88 Å². The molecule has 2 N–H and O–H groups in total. The molecule has 2 heterocycles. The molecule has 0 saturated carbocycles. The number of carboxylic acids is 1. The standard InChI is InChI=1S/C9H9ClN4O2S/c10-7-6(3-11)17-9(13-7)14-2-1-12-4-5(14)8(15)16/h5,12H,1-2,4H2,(H,15,16). The lowest BCUT2D eigenvalue weighted by atomic mass is 10.2. The highest BCUT2D eigenvalue weighted by Crippen LogP contribution is 2.30. The van der Waals surface area contributed by atoms with Gasteiger partial charge in [0.15, 0.2) is 10.3 Å². The second kappa shape index (κ2) is 4.87. The van der Waals surface area contributed by atoms with Gasteiger partial charge in [0, 0.05) is 19.6 Å². The van der Waals surface area contributed by atoms with Gasteiger partial charge >= 0.3 is 5.97 Å². The van der Waals surface area contributed by atoms with Gasteiger partial charge in [0.1, 0.15) is 17.0 Å². The maximum atomic E-state index is 11.1. The molecule has 0 aliphatic carbocycles. The molecule has 1 aliphatic heterocycles.